The first kappa shape index (κ1) is 28.4. The topological polar surface area (TPSA) is 86.8 Å². The predicted octanol–water partition coefficient (Wildman–Crippen LogP) is 3.84. The Morgan fingerprint density at radius 2 is 1.66 bits per heavy atom. The Hall–Kier alpha value is -2.87. The zero-order chi connectivity index (χ0) is 26.0. The smallest absolute Gasteiger partial charge is 0.242 e. The summed E-state index contributed by atoms with van der Waals surface area (Å²) in [5.41, 5.74) is 3.63. The summed E-state index contributed by atoms with van der Waals surface area (Å²) in [6.07, 6.45) is 2.84. The monoisotopic (exact) mass is 501 g/mol. The van der Waals surface area contributed by atoms with E-state index in [4.69, 9.17) is 0 Å². The zero-order valence-corrected chi connectivity index (χ0v) is 22.4. The standard InChI is InChI=1S/C27H39N3O4S/c1-6-24(27(32)28-7-2)29(20-18-23-14-9-8-10-15-23)26(31)17-12-19-30(35(5,33)34)25-16-11-13-21(3)22(25)4/h8-11,13-16,24H,6-7,12,17-20H2,1-5H3,(H,28,32). The van der Waals surface area contributed by atoms with Crippen molar-refractivity contribution in [3.8, 4) is 0 Å². The van der Waals surface area contributed by atoms with Crippen molar-refractivity contribution >= 4 is 27.5 Å². The van der Waals surface area contributed by atoms with Crippen molar-refractivity contribution in [1.29, 1.82) is 0 Å². The van der Waals surface area contributed by atoms with Gasteiger partial charge in [-0.15, -0.1) is 0 Å². The quantitative estimate of drug-likeness (QED) is 0.452. The van der Waals surface area contributed by atoms with Gasteiger partial charge in [0.25, 0.3) is 0 Å². The van der Waals surface area contributed by atoms with E-state index in [9.17, 15) is 18.0 Å². The van der Waals surface area contributed by atoms with Crippen molar-refractivity contribution in [2.24, 2.45) is 0 Å². The fourth-order valence-corrected chi connectivity index (χ4v) is 5.19. The normalized spacial score (nSPS) is 12.1. The van der Waals surface area contributed by atoms with Gasteiger partial charge >= 0.3 is 0 Å². The van der Waals surface area contributed by atoms with Crippen molar-refractivity contribution in [1.82, 2.24) is 10.2 Å². The molecule has 0 heterocycles. The van der Waals surface area contributed by atoms with E-state index in [0.29, 0.717) is 38.0 Å². The first-order valence-corrected chi connectivity index (χ1v) is 14.1. The second kappa shape index (κ2) is 13.3. The minimum atomic E-state index is -3.52. The van der Waals surface area contributed by atoms with Gasteiger partial charge in [0, 0.05) is 26.1 Å². The van der Waals surface area contributed by atoms with Crippen LogP contribution in [0.2, 0.25) is 0 Å². The predicted molar refractivity (Wildman–Crippen MR) is 142 cm³/mol. The molecule has 35 heavy (non-hydrogen) atoms. The van der Waals surface area contributed by atoms with Crippen molar-refractivity contribution < 1.29 is 18.0 Å². The molecule has 0 aliphatic rings. The second-order valence-corrected chi connectivity index (χ2v) is 10.7. The largest absolute Gasteiger partial charge is 0.355 e. The Morgan fingerprint density at radius 3 is 2.26 bits per heavy atom. The number of nitrogens with one attached hydrogen (secondary N) is 1. The van der Waals surface area contributed by atoms with E-state index < -0.39 is 16.1 Å². The Bertz CT molecular complexity index is 1090. The molecule has 0 aliphatic carbocycles. The van der Waals surface area contributed by atoms with Gasteiger partial charge in [-0.1, -0.05) is 49.4 Å². The molecule has 1 unspecified atom stereocenters. The van der Waals surface area contributed by atoms with Crippen LogP contribution in [0.25, 0.3) is 0 Å². The van der Waals surface area contributed by atoms with Gasteiger partial charge in [-0.25, -0.2) is 8.42 Å². The third-order valence-corrected chi connectivity index (χ3v) is 7.40. The number of sulfonamides is 1. The van der Waals surface area contributed by atoms with Crippen molar-refractivity contribution in [2.75, 3.05) is 30.2 Å². The molecular weight excluding hydrogens is 462 g/mol. The van der Waals surface area contributed by atoms with Crippen LogP contribution in [-0.2, 0) is 26.0 Å². The van der Waals surface area contributed by atoms with Gasteiger partial charge in [-0.3, -0.25) is 13.9 Å². The lowest BCUT2D eigenvalue weighted by Crippen LogP contribution is -2.50. The highest BCUT2D eigenvalue weighted by molar-refractivity contribution is 7.92. The fraction of sp³-hybridized carbons (Fsp3) is 0.481. The number of anilines is 1. The van der Waals surface area contributed by atoms with Gasteiger partial charge in [0.15, 0.2) is 0 Å². The number of rotatable bonds is 13. The Kier molecular flexibility index (Phi) is 10.8. The number of aryl methyl sites for hydroxylation is 1. The maximum atomic E-state index is 13.3. The van der Waals surface area contributed by atoms with Crippen LogP contribution in [-0.4, -0.2) is 57.1 Å². The van der Waals surface area contributed by atoms with Crippen LogP contribution >= 0.6 is 0 Å². The molecule has 1 atom stereocenters. The summed E-state index contributed by atoms with van der Waals surface area (Å²) in [5.74, 6) is -0.307. The molecule has 0 spiro atoms. The average Bonchev–Trinajstić information content (AvgIpc) is 2.81. The lowest BCUT2D eigenvalue weighted by molar-refractivity contribution is -0.140. The number of likely N-dealkylation sites (N-methyl/N-ethyl adjacent to an activating group) is 1. The molecule has 0 saturated heterocycles. The van der Waals surface area contributed by atoms with Gasteiger partial charge in [0.05, 0.1) is 11.9 Å². The summed E-state index contributed by atoms with van der Waals surface area (Å²) in [7, 11) is -3.52. The van der Waals surface area contributed by atoms with Crippen molar-refractivity contribution in [3.05, 3.63) is 65.2 Å². The van der Waals surface area contributed by atoms with Crippen LogP contribution in [0.15, 0.2) is 48.5 Å². The van der Waals surface area contributed by atoms with Gasteiger partial charge in [0.1, 0.15) is 6.04 Å². The summed E-state index contributed by atoms with van der Waals surface area (Å²) >= 11 is 0. The summed E-state index contributed by atoms with van der Waals surface area (Å²) in [5, 5.41) is 2.84. The molecule has 1 N–H and O–H groups in total. The molecule has 8 heteroatoms. The third kappa shape index (κ3) is 8.09. The molecule has 0 aliphatic heterocycles. The summed E-state index contributed by atoms with van der Waals surface area (Å²) in [4.78, 5) is 27.7. The van der Waals surface area contributed by atoms with E-state index in [1.165, 1.54) is 10.6 Å². The lowest BCUT2D eigenvalue weighted by Gasteiger charge is -2.31. The highest BCUT2D eigenvalue weighted by Gasteiger charge is 2.28. The molecule has 2 amide bonds. The van der Waals surface area contributed by atoms with Gasteiger partial charge in [-0.2, -0.15) is 0 Å². The lowest BCUT2D eigenvalue weighted by atomic mass is 10.1. The van der Waals surface area contributed by atoms with Gasteiger partial charge < -0.3 is 10.2 Å². The molecule has 2 aromatic carbocycles. The molecule has 0 radical (unpaired) electrons. The van der Waals surface area contributed by atoms with Gasteiger partial charge in [-0.05, 0) is 62.8 Å². The molecule has 7 nitrogen and oxygen atoms in total. The highest BCUT2D eigenvalue weighted by atomic mass is 32.2. The summed E-state index contributed by atoms with van der Waals surface area (Å²) in [6, 6.07) is 14.9. The van der Waals surface area contributed by atoms with Crippen LogP contribution < -0.4 is 9.62 Å². The number of carbonyl (C=O) groups excluding carboxylic acids is 2. The molecule has 0 aromatic heterocycles. The number of benzene rings is 2. The molecule has 2 rings (SSSR count). The summed E-state index contributed by atoms with van der Waals surface area (Å²) < 4.78 is 26.5. The maximum Gasteiger partial charge on any atom is 0.242 e. The summed E-state index contributed by atoms with van der Waals surface area (Å²) in [6.45, 7) is 8.71. The minimum absolute atomic E-state index is 0.145. The molecule has 192 valence electrons. The molecule has 2 aromatic rings. The van der Waals surface area contributed by atoms with E-state index in [1.54, 1.807) is 11.0 Å². The second-order valence-electron chi connectivity index (χ2n) is 8.80. The number of amides is 2. The molecule has 0 bridgehead atoms. The van der Waals surface area contributed by atoms with E-state index in [-0.39, 0.29) is 24.8 Å². The number of nitrogens with zero attached hydrogens (tertiary/aromatic N) is 2. The zero-order valence-electron chi connectivity index (χ0n) is 21.6. The highest BCUT2D eigenvalue weighted by Crippen LogP contribution is 2.25. The van der Waals surface area contributed by atoms with E-state index in [1.807, 2.05) is 70.2 Å². The van der Waals surface area contributed by atoms with E-state index in [0.717, 1.165) is 16.7 Å². The Morgan fingerprint density at radius 1 is 0.971 bits per heavy atom. The SMILES string of the molecule is CCNC(=O)C(CC)N(CCc1ccccc1)C(=O)CCCN(c1cccc(C)c1C)S(C)(=O)=O. The molecule has 0 saturated carbocycles. The van der Waals surface area contributed by atoms with Crippen LogP contribution in [0.4, 0.5) is 5.69 Å². The van der Waals surface area contributed by atoms with Crippen LogP contribution in [0.3, 0.4) is 0 Å². The Labute approximate surface area is 210 Å². The molecular formula is C27H39N3O4S. The minimum Gasteiger partial charge on any atom is -0.355 e. The van der Waals surface area contributed by atoms with Crippen molar-refractivity contribution in [2.45, 2.75) is 59.4 Å². The fourth-order valence-electron chi connectivity index (χ4n) is 4.18. The van der Waals surface area contributed by atoms with Crippen molar-refractivity contribution in [3.63, 3.8) is 0 Å². The first-order chi connectivity index (χ1) is 16.6. The number of carbonyl (C=O) groups is 2. The number of hydrogen-bond donors (Lipinski definition) is 1. The van der Waals surface area contributed by atoms with E-state index >= 15 is 0 Å². The maximum absolute atomic E-state index is 13.3. The molecule has 0 fully saturated rings. The van der Waals surface area contributed by atoms with Crippen LogP contribution in [0.1, 0.15) is 49.8 Å². The Balaban J connectivity index is 2.17. The first-order valence-electron chi connectivity index (χ1n) is 12.2. The number of hydrogen-bond acceptors (Lipinski definition) is 4. The van der Waals surface area contributed by atoms with Crippen LogP contribution in [0.5, 0.6) is 0 Å². The third-order valence-electron chi connectivity index (χ3n) is 6.22. The average molecular weight is 502 g/mol. The van der Waals surface area contributed by atoms with Crippen LogP contribution in [0, 0.1) is 13.8 Å². The van der Waals surface area contributed by atoms with E-state index in [2.05, 4.69) is 5.32 Å². The van der Waals surface area contributed by atoms with Gasteiger partial charge in [0.2, 0.25) is 21.8 Å².